The molecule has 1 aromatic heterocycles. The van der Waals surface area contributed by atoms with Gasteiger partial charge in [-0.2, -0.15) is 0 Å². The van der Waals surface area contributed by atoms with Gasteiger partial charge in [0.1, 0.15) is 0 Å². The highest BCUT2D eigenvalue weighted by Crippen LogP contribution is 2.18. The third kappa shape index (κ3) is 13.3. The van der Waals surface area contributed by atoms with Crippen LogP contribution in [0.4, 0.5) is 0 Å². The van der Waals surface area contributed by atoms with Crippen LogP contribution in [-0.4, -0.2) is 60.3 Å². The molecule has 1 fully saturated rings. The van der Waals surface area contributed by atoms with Gasteiger partial charge >= 0.3 is 0 Å². The first kappa shape index (κ1) is 35.2. The van der Waals surface area contributed by atoms with Crippen LogP contribution in [0.1, 0.15) is 67.7 Å². The van der Waals surface area contributed by atoms with Gasteiger partial charge in [0.05, 0.1) is 0 Å². The first-order valence-electron chi connectivity index (χ1n) is 15.3. The second kappa shape index (κ2) is 20.0. The van der Waals surface area contributed by atoms with Crippen LogP contribution in [0.2, 0.25) is 5.02 Å². The van der Waals surface area contributed by atoms with Crippen molar-refractivity contribution in [2.24, 2.45) is 5.92 Å². The first-order chi connectivity index (χ1) is 20.2. The van der Waals surface area contributed by atoms with E-state index in [1.165, 1.54) is 36.3 Å². The number of likely N-dealkylation sites (N-methyl/N-ethyl adjacent to an activating group) is 1. The number of aryl methyl sites for hydroxylation is 2. The predicted octanol–water partition coefficient (Wildman–Crippen LogP) is 7.84. The molecular weight excluding hydrogens is 540 g/mol. The smallest absolute Gasteiger partial charge is 0.161 e. The van der Waals surface area contributed by atoms with Crippen molar-refractivity contribution in [2.75, 3.05) is 39.8 Å². The fourth-order valence-electron chi connectivity index (χ4n) is 4.85. The highest BCUT2D eigenvalue weighted by Gasteiger charge is 2.19. The molecule has 42 heavy (non-hydrogen) atoms. The monoisotopic (exact) mass is 590 g/mol. The summed E-state index contributed by atoms with van der Waals surface area (Å²) in [5, 5.41) is 4.43. The maximum absolute atomic E-state index is 10.8. The summed E-state index contributed by atoms with van der Waals surface area (Å²) in [4.78, 5) is 19.8. The number of piperazine rings is 1. The van der Waals surface area contributed by atoms with Crippen LogP contribution < -0.4 is 5.32 Å². The summed E-state index contributed by atoms with van der Waals surface area (Å²) in [5.41, 5.74) is 5.76. The van der Waals surface area contributed by atoms with Gasteiger partial charge in [0.2, 0.25) is 0 Å². The predicted molar refractivity (Wildman–Crippen MR) is 179 cm³/mol. The molecule has 4 rings (SSSR count). The van der Waals surface area contributed by atoms with Crippen molar-refractivity contribution in [2.45, 2.75) is 60.4 Å². The SMILES string of the molecule is CC(=O)c1cccnc1C.CC/C=C(/C(C)CNCc1ccccc1)N1CCN(C)CC1.CCCc1ccc(Cl)cc1. The van der Waals surface area contributed by atoms with Gasteiger partial charge in [0.15, 0.2) is 5.78 Å². The van der Waals surface area contributed by atoms with Crippen molar-refractivity contribution >= 4 is 17.4 Å². The topological polar surface area (TPSA) is 48.5 Å². The number of benzene rings is 2. The average Bonchev–Trinajstić information content (AvgIpc) is 2.99. The average molecular weight is 591 g/mol. The summed E-state index contributed by atoms with van der Waals surface area (Å²) >= 11 is 5.71. The normalized spacial score (nSPS) is 14.3. The summed E-state index contributed by atoms with van der Waals surface area (Å²) < 4.78 is 0. The van der Waals surface area contributed by atoms with E-state index in [0.717, 1.165) is 49.7 Å². The number of pyridine rings is 1. The van der Waals surface area contributed by atoms with Crippen molar-refractivity contribution in [3.63, 3.8) is 0 Å². The maximum atomic E-state index is 10.8. The van der Waals surface area contributed by atoms with E-state index < -0.39 is 0 Å². The molecule has 5 nitrogen and oxygen atoms in total. The standard InChI is InChI=1S/C19H31N3.C9H11Cl.C8H9NO/c1-4-8-19(22-13-11-21(3)12-14-22)17(2)15-20-16-18-9-6-5-7-10-18;1-2-3-8-4-6-9(10)7-5-8;1-6-8(7(2)10)4-3-5-9-6/h5-10,17,20H,4,11-16H2,1-3H3;4-7H,2-3H2,1H3;3-5H,1-2H3/b19-8-;;. The molecule has 228 valence electrons. The van der Waals surface area contributed by atoms with Crippen molar-refractivity contribution in [3.05, 3.63) is 112 Å². The van der Waals surface area contributed by atoms with Gasteiger partial charge in [-0.1, -0.05) is 87.3 Å². The van der Waals surface area contributed by atoms with Crippen LogP contribution in [0.5, 0.6) is 0 Å². The van der Waals surface area contributed by atoms with Crippen LogP contribution in [0.15, 0.2) is 84.7 Å². The molecule has 0 saturated carbocycles. The fourth-order valence-corrected chi connectivity index (χ4v) is 4.97. The number of ketones is 1. The third-order valence-electron chi connectivity index (χ3n) is 7.25. The van der Waals surface area contributed by atoms with E-state index in [1.54, 1.807) is 25.3 Å². The second-order valence-electron chi connectivity index (χ2n) is 10.9. The lowest BCUT2D eigenvalue weighted by Gasteiger charge is -2.38. The van der Waals surface area contributed by atoms with Crippen molar-refractivity contribution in [1.29, 1.82) is 0 Å². The zero-order valence-electron chi connectivity index (χ0n) is 26.6. The highest BCUT2D eigenvalue weighted by atomic mass is 35.5. The molecule has 6 heteroatoms. The summed E-state index contributed by atoms with van der Waals surface area (Å²) in [6, 6.07) is 22.2. The lowest BCUT2D eigenvalue weighted by molar-refractivity contribution is 0.101. The van der Waals surface area contributed by atoms with Crippen LogP contribution in [0, 0.1) is 12.8 Å². The van der Waals surface area contributed by atoms with E-state index in [9.17, 15) is 4.79 Å². The number of Topliss-reactive ketones (excluding diaryl/α,β-unsaturated/α-hetero) is 1. The number of halogens is 1. The number of carbonyl (C=O) groups is 1. The third-order valence-corrected chi connectivity index (χ3v) is 7.50. The van der Waals surface area contributed by atoms with Gasteiger partial charge in [-0.05, 0) is 69.1 Å². The Bertz CT molecular complexity index is 1190. The molecule has 1 aliphatic rings. The molecule has 3 aromatic rings. The van der Waals surface area contributed by atoms with Gasteiger partial charge in [0, 0.05) is 73.4 Å². The maximum Gasteiger partial charge on any atom is 0.161 e. The molecule has 1 atom stereocenters. The molecule has 0 bridgehead atoms. The summed E-state index contributed by atoms with van der Waals surface area (Å²) in [7, 11) is 2.21. The molecule has 1 unspecified atom stereocenters. The van der Waals surface area contributed by atoms with Gasteiger partial charge in [0.25, 0.3) is 0 Å². The fraction of sp³-hybridized carbons (Fsp3) is 0.444. The van der Waals surface area contributed by atoms with E-state index in [0.29, 0.717) is 11.5 Å². The minimum atomic E-state index is 0.0746. The summed E-state index contributed by atoms with van der Waals surface area (Å²) in [6.07, 6.45) is 7.56. The van der Waals surface area contributed by atoms with Crippen molar-refractivity contribution in [1.82, 2.24) is 20.1 Å². The Kier molecular flexibility index (Phi) is 16.8. The quantitative estimate of drug-likeness (QED) is 0.244. The number of hydrogen-bond acceptors (Lipinski definition) is 5. The largest absolute Gasteiger partial charge is 0.372 e. The Morgan fingerprint density at radius 3 is 2.19 bits per heavy atom. The molecule has 2 heterocycles. The van der Waals surface area contributed by atoms with Crippen LogP contribution in [0.3, 0.4) is 0 Å². The minimum absolute atomic E-state index is 0.0746. The molecular formula is C36H51ClN4O. The van der Waals surface area contributed by atoms with E-state index >= 15 is 0 Å². The van der Waals surface area contributed by atoms with E-state index in [-0.39, 0.29) is 5.78 Å². The zero-order valence-corrected chi connectivity index (χ0v) is 27.3. The highest BCUT2D eigenvalue weighted by molar-refractivity contribution is 6.30. The Hall–Kier alpha value is -2.99. The molecule has 2 aromatic carbocycles. The number of carbonyl (C=O) groups excluding carboxylic acids is 1. The minimum Gasteiger partial charge on any atom is -0.372 e. The molecule has 1 aliphatic heterocycles. The molecule has 0 aliphatic carbocycles. The number of nitrogens with zero attached hydrogens (tertiary/aromatic N) is 3. The van der Waals surface area contributed by atoms with Gasteiger partial charge in [-0.3, -0.25) is 9.78 Å². The Morgan fingerprint density at radius 2 is 1.64 bits per heavy atom. The molecule has 0 radical (unpaired) electrons. The Morgan fingerprint density at radius 1 is 0.976 bits per heavy atom. The number of allylic oxidation sites excluding steroid dienone is 1. The summed E-state index contributed by atoms with van der Waals surface area (Å²) in [6.45, 7) is 16.8. The van der Waals surface area contributed by atoms with E-state index in [1.807, 2.05) is 19.1 Å². The van der Waals surface area contributed by atoms with Crippen molar-refractivity contribution < 1.29 is 4.79 Å². The lowest BCUT2D eigenvalue weighted by atomic mass is 10.0. The Labute approximate surface area is 260 Å². The van der Waals surface area contributed by atoms with Gasteiger partial charge in [-0.15, -0.1) is 0 Å². The molecule has 1 N–H and O–H groups in total. The second-order valence-corrected chi connectivity index (χ2v) is 11.4. The van der Waals surface area contributed by atoms with Gasteiger partial charge in [-0.25, -0.2) is 0 Å². The van der Waals surface area contributed by atoms with Crippen LogP contribution in [0.25, 0.3) is 0 Å². The van der Waals surface area contributed by atoms with Gasteiger partial charge < -0.3 is 15.1 Å². The summed E-state index contributed by atoms with van der Waals surface area (Å²) in [5.74, 6) is 0.637. The first-order valence-corrected chi connectivity index (χ1v) is 15.7. The van der Waals surface area contributed by atoms with E-state index in [4.69, 9.17) is 11.6 Å². The van der Waals surface area contributed by atoms with Crippen LogP contribution in [-0.2, 0) is 13.0 Å². The zero-order chi connectivity index (χ0) is 30.7. The number of rotatable bonds is 10. The molecule has 0 spiro atoms. The van der Waals surface area contributed by atoms with Crippen molar-refractivity contribution in [3.8, 4) is 0 Å². The number of hydrogen-bond donors (Lipinski definition) is 1. The molecule has 1 saturated heterocycles. The Balaban J connectivity index is 0.000000254. The lowest BCUT2D eigenvalue weighted by Crippen LogP contribution is -2.45. The van der Waals surface area contributed by atoms with E-state index in [2.05, 4.69) is 96.5 Å². The number of nitrogens with one attached hydrogen (secondary N) is 1. The molecule has 0 amide bonds. The van der Waals surface area contributed by atoms with Crippen LogP contribution >= 0.6 is 11.6 Å². The number of aromatic nitrogens is 1.